The molecule has 1 heterocycles. The maximum Gasteiger partial charge on any atom is 0.231 e. The third-order valence-electron chi connectivity index (χ3n) is 5.62. The van der Waals surface area contributed by atoms with Crippen LogP contribution in [0.3, 0.4) is 0 Å². The molecule has 0 bridgehead atoms. The van der Waals surface area contributed by atoms with Crippen LogP contribution in [-0.4, -0.2) is 37.1 Å². The molecule has 27 heavy (non-hydrogen) atoms. The molecule has 1 amide bonds. The zero-order valence-electron chi connectivity index (χ0n) is 16.5. The van der Waals surface area contributed by atoms with E-state index in [9.17, 15) is 9.90 Å². The lowest BCUT2D eigenvalue weighted by Crippen LogP contribution is -2.40. The van der Waals surface area contributed by atoms with Gasteiger partial charge < -0.3 is 24.6 Å². The first-order chi connectivity index (χ1) is 12.8. The zero-order chi connectivity index (χ0) is 19.4. The van der Waals surface area contributed by atoms with Gasteiger partial charge in [0.2, 0.25) is 12.7 Å². The summed E-state index contributed by atoms with van der Waals surface area (Å²) in [5, 5.41) is 13.0. The van der Waals surface area contributed by atoms with Crippen LogP contribution >= 0.6 is 0 Å². The van der Waals surface area contributed by atoms with Crippen molar-refractivity contribution in [2.24, 2.45) is 17.3 Å². The van der Waals surface area contributed by atoms with Gasteiger partial charge >= 0.3 is 0 Å². The first kappa shape index (κ1) is 19.8. The first-order valence-corrected chi connectivity index (χ1v) is 9.81. The van der Waals surface area contributed by atoms with Gasteiger partial charge in [-0.15, -0.1) is 0 Å². The van der Waals surface area contributed by atoms with Crippen LogP contribution in [-0.2, 0) is 4.79 Å². The lowest BCUT2D eigenvalue weighted by atomic mass is 9.69. The summed E-state index contributed by atoms with van der Waals surface area (Å²) in [4.78, 5) is 12.4. The fraction of sp³-hybridized carbons (Fsp3) is 0.667. The number of rotatable bonds is 6. The Morgan fingerprint density at radius 1 is 1.22 bits per heavy atom. The van der Waals surface area contributed by atoms with Crippen LogP contribution in [0.25, 0.3) is 0 Å². The number of amides is 1. The summed E-state index contributed by atoms with van der Waals surface area (Å²) in [6.07, 6.45) is 3.29. The molecule has 1 unspecified atom stereocenters. The number of carbonyl (C=O) groups is 1. The second kappa shape index (κ2) is 8.38. The summed E-state index contributed by atoms with van der Waals surface area (Å²) in [6, 6.07) is 5.29. The number of benzene rings is 1. The molecule has 0 aromatic heterocycles. The molecule has 6 heteroatoms. The number of hydrogen-bond acceptors (Lipinski definition) is 5. The van der Waals surface area contributed by atoms with Crippen LogP contribution in [0.15, 0.2) is 18.2 Å². The van der Waals surface area contributed by atoms with Gasteiger partial charge in [0.05, 0.1) is 0 Å². The Bertz CT molecular complexity index is 646. The lowest BCUT2D eigenvalue weighted by molar-refractivity contribution is -0.127. The summed E-state index contributed by atoms with van der Waals surface area (Å²) in [5.41, 5.74) is 0.309. The lowest BCUT2D eigenvalue weighted by Gasteiger charge is -2.36. The second-order valence-corrected chi connectivity index (χ2v) is 8.64. The van der Waals surface area contributed by atoms with Gasteiger partial charge in [0.15, 0.2) is 11.5 Å². The number of fused-ring (bicyclic) bond motifs is 1. The molecule has 1 aliphatic carbocycles. The van der Waals surface area contributed by atoms with E-state index in [2.05, 4.69) is 26.1 Å². The Labute approximate surface area is 161 Å². The summed E-state index contributed by atoms with van der Waals surface area (Å²) < 4.78 is 16.1. The highest BCUT2D eigenvalue weighted by molar-refractivity contribution is 5.78. The van der Waals surface area contributed by atoms with E-state index in [1.54, 1.807) is 18.2 Å². The van der Waals surface area contributed by atoms with Crippen molar-refractivity contribution in [3.63, 3.8) is 0 Å². The summed E-state index contributed by atoms with van der Waals surface area (Å²) >= 11 is 0. The predicted octanol–water partition coefficient (Wildman–Crippen LogP) is 3.12. The Morgan fingerprint density at radius 3 is 2.63 bits per heavy atom. The molecule has 2 aliphatic rings. The minimum atomic E-state index is -0.759. The van der Waals surface area contributed by atoms with Crippen LogP contribution in [0, 0.1) is 17.3 Å². The Balaban J connectivity index is 1.36. The second-order valence-electron chi connectivity index (χ2n) is 8.64. The number of aliphatic hydroxyl groups excluding tert-OH is 1. The summed E-state index contributed by atoms with van der Waals surface area (Å²) in [5.74, 6) is 2.72. The molecule has 2 N–H and O–H groups in total. The van der Waals surface area contributed by atoms with Gasteiger partial charge in [0, 0.05) is 18.5 Å². The summed E-state index contributed by atoms with van der Waals surface area (Å²) in [6.45, 7) is 7.34. The van der Waals surface area contributed by atoms with E-state index in [4.69, 9.17) is 14.2 Å². The third-order valence-corrected chi connectivity index (χ3v) is 5.62. The molecule has 0 radical (unpaired) electrons. The largest absolute Gasteiger partial charge is 0.491 e. The van der Waals surface area contributed by atoms with E-state index in [0.29, 0.717) is 28.6 Å². The molecular formula is C21H31NO5. The Hall–Kier alpha value is -1.95. The summed E-state index contributed by atoms with van der Waals surface area (Å²) in [7, 11) is 0. The van der Waals surface area contributed by atoms with E-state index in [0.717, 1.165) is 25.7 Å². The minimum Gasteiger partial charge on any atom is -0.491 e. The van der Waals surface area contributed by atoms with E-state index in [1.807, 2.05) is 0 Å². The maximum atomic E-state index is 12.4. The number of aliphatic hydroxyl groups is 1. The number of carbonyl (C=O) groups excluding carboxylic acids is 1. The molecule has 1 aromatic rings. The molecule has 1 fully saturated rings. The van der Waals surface area contributed by atoms with Crippen molar-refractivity contribution in [3.8, 4) is 17.2 Å². The van der Waals surface area contributed by atoms with Gasteiger partial charge in [-0.1, -0.05) is 20.8 Å². The number of hydrogen-bond donors (Lipinski definition) is 2. The predicted molar refractivity (Wildman–Crippen MR) is 102 cm³/mol. The van der Waals surface area contributed by atoms with Crippen LogP contribution in [0.2, 0.25) is 0 Å². The van der Waals surface area contributed by atoms with Crippen molar-refractivity contribution in [2.45, 2.75) is 52.6 Å². The van der Waals surface area contributed by atoms with Crippen molar-refractivity contribution in [1.29, 1.82) is 0 Å². The van der Waals surface area contributed by atoms with Gasteiger partial charge in [-0.05, 0) is 49.1 Å². The van der Waals surface area contributed by atoms with Gasteiger partial charge in [-0.3, -0.25) is 4.79 Å². The molecule has 0 saturated heterocycles. The molecular weight excluding hydrogens is 346 g/mol. The smallest absolute Gasteiger partial charge is 0.231 e. The SMILES string of the molecule is CC(C)(C)C1CCC(C(=O)NCC(O)COc2ccc3c(c2)OCO3)CC1. The topological polar surface area (TPSA) is 77.0 Å². The fourth-order valence-corrected chi connectivity index (χ4v) is 3.80. The quantitative estimate of drug-likeness (QED) is 0.796. The fourth-order valence-electron chi connectivity index (χ4n) is 3.80. The molecule has 1 aliphatic heterocycles. The molecule has 6 nitrogen and oxygen atoms in total. The van der Waals surface area contributed by atoms with E-state index in [-0.39, 0.29) is 31.8 Å². The minimum absolute atomic E-state index is 0.0458. The maximum absolute atomic E-state index is 12.4. The van der Waals surface area contributed by atoms with Gasteiger partial charge in [0.1, 0.15) is 18.5 Å². The Kier molecular flexibility index (Phi) is 6.15. The van der Waals surface area contributed by atoms with Gasteiger partial charge in [-0.2, -0.15) is 0 Å². The average molecular weight is 377 g/mol. The standard InChI is InChI=1S/C21H31NO5/c1-21(2,3)15-6-4-14(5-7-15)20(24)22-11-16(23)12-25-17-8-9-18-19(10-17)27-13-26-18/h8-10,14-16,23H,4-7,11-13H2,1-3H3,(H,22,24). The van der Waals surface area contributed by atoms with Crippen LogP contribution in [0.4, 0.5) is 0 Å². The van der Waals surface area contributed by atoms with Gasteiger partial charge in [0.25, 0.3) is 0 Å². The molecule has 0 spiro atoms. The van der Waals surface area contributed by atoms with Crippen molar-refractivity contribution in [3.05, 3.63) is 18.2 Å². The Morgan fingerprint density at radius 2 is 1.93 bits per heavy atom. The van der Waals surface area contributed by atoms with E-state index >= 15 is 0 Å². The van der Waals surface area contributed by atoms with Crippen molar-refractivity contribution in [2.75, 3.05) is 19.9 Å². The third kappa shape index (κ3) is 5.28. The highest BCUT2D eigenvalue weighted by atomic mass is 16.7. The van der Waals surface area contributed by atoms with Crippen LogP contribution in [0.5, 0.6) is 17.2 Å². The zero-order valence-corrected chi connectivity index (χ0v) is 16.5. The highest BCUT2D eigenvalue weighted by Gasteiger charge is 2.32. The van der Waals surface area contributed by atoms with Crippen molar-refractivity contribution >= 4 is 5.91 Å². The normalized spacial score (nSPS) is 23.0. The molecule has 3 rings (SSSR count). The van der Waals surface area contributed by atoms with Crippen LogP contribution in [0.1, 0.15) is 46.5 Å². The first-order valence-electron chi connectivity index (χ1n) is 9.81. The van der Waals surface area contributed by atoms with E-state index < -0.39 is 6.10 Å². The monoisotopic (exact) mass is 377 g/mol. The molecule has 1 aromatic carbocycles. The molecule has 150 valence electrons. The van der Waals surface area contributed by atoms with Crippen molar-refractivity contribution in [1.82, 2.24) is 5.32 Å². The molecule has 1 saturated carbocycles. The number of nitrogens with one attached hydrogen (secondary N) is 1. The van der Waals surface area contributed by atoms with Crippen molar-refractivity contribution < 1.29 is 24.1 Å². The van der Waals surface area contributed by atoms with E-state index in [1.165, 1.54) is 0 Å². The average Bonchev–Trinajstić information content (AvgIpc) is 3.11. The highest BCUT2D eigenvalue weighted by Crippen LogP contribution is 2.39. The molecule has 1 atom stereocenters. The van der Waals surface area contributed by atoms with Crippen LogP contribution < -0.4 is 19.5 Å². The van der Waals surface area contributed by atoms with Gasteiger partial charge in [-0.25, -0.2) is 0 Å². The number of ether oxygens (including phenoxy) is 3.